The summed E-state index contributed by atoms with van der Waals surface area (Å²) in [6, 6.07) is 29.4. The molecule has 38 heavy (non-hydrogen) atoms. The van der Waals surface area contributed by atoms with Gasteiger partial charge < -0.3 is 14.8 Å². The minimum absolute atomic E-state index is 0.187. The normalized spacial score (nSPS) is 14.5. The molecular weight excluding hydrogens is 494 g/mol. The lowest BCUT2D eigenvalue weighted by atomic mass is 10.0. The first kappa shape index (κ1) is 24.1. The van der Waals surface area contributed by atoms with Gasteiger partial charge in [-0.1, -0.05) is 66.6 Å². The molecule has 0 aliphatic carbocycles. The van der Waals surface area contributed by atoms with Gasteiger partial charge in [0.25, 0.3) is 0 Å². The van der Waals surface area contributed by atoms with Crippen molar-refractivity contribution >= 4 is 23.3 Å². The van der Waals surface area contributed by atoms with E-state index in [-0.39, 0.29) is 12.1 Å². The van der Waals surface area contributed by atoms with Crippen molar-refractivity contribution in [2.45, 2.75) is 32.9 Å². The zero-order chi connectivity index (χ0) is 26.2. The van der Waals surface area contributed by atoms with Gasteiger partial charge >= 0.3 is 6.03 Å². The predicted molar refractivity (Wildman–Crippen MR) is 151 cm³/mol. The van der Waals surface area contributed by atoms with Crippen LogP contribution in [0.15, 0.2) is 97.2 Å². The molecule has 0 saturated heterocycles. The second-order valence-corrected chi connectivity index (χ2v) is 9.97. The van der Waals surface area contributed by atoms with Crippen molar-refractivity contribution < 1.29 is 4.79 Å². The highest BCUT2D eigenvalue weighted by Crippen LogP contribution is 2.39. The molecule has 5 aromatic rings. The van der Waals surface area contributed by atoms with E-state index in [1.807, 2.05) is 46.0 Å². The molecule has 0 fully saturated rings. The molecule has 6 rings (SSSR count). The van der Waals surface area contributed by atoms with Crippen molar-refractivity contribution in [2.75, 3.05) is 5.32 Å². The summed E-state index contributed by atoms with van der Waals surface area (Å²) in [6.07, 6.45) is 2.82. The van der Waals surface area contributed by atoms with Crippen molar-refractivity contribution in [1.82, 2.24) is 19.2 Å². The molecule has 3 aromatic carbocycles. The molecule has 0 unspecified atom stereocenters. The van der Waals surface area contributed by atoms with Crippen LogP contribution < -0.4 is 5.32 Å². The second-order valence-electron chi connectivity index (χ2n) is 9.53. The number of aromatic nitrogens is 3. The lowest BCUT2D eigenvalue weighted by Gasteiger charge is -2.31. The number of amides is 2. The number of benzene rings is 3. The van der Waals surface area contributed by atoms with Gasteiger partial charge in [-0.25, -0.2) is 9.48 Å². The van der Waals surface area contributed by atoms with E-state index < -0.39 is 0 Å². The minimum atomic E-state index is -0.306. The Hall–Kier alpha value is -4.29. The highest BCUT2D eigenvalue weighted by molar-refractivity contribution is 6.30. The molecule has 3 heterocycles. The Morgan fingerprint density at radius 3 is 2.42 bits per heavy atom. The summed E-state index contributed by atoms with van der Waals surface area (Å²) in [5.41, 5.74) is 6.90. The standard InChI is InChI=1S/C31H28ClN5O/c1-3-27-26-20-36(31(38)33-24-17-15-23(32)16-18-24)29(22-13-11-21(2)12-14-22)28-10-7-19-35(28)30(26)37(34-27)25-8-5-4-6-9-25/h4-19,29H,3,20H2,1-2H3,(H,33,38)/t29-/m0/s1. The van der Waals surface area contributed by atoms with Gasteiger partial charge in [-0.2, -0.15) is 5.10 Å². The van der Waals surface area contributed by atoms with Gasteiger partial charge in [0.2, 0.25) is 0 Å². The third-order valence-corrected chi connectivity index (χ3v) is 7.31. The molecule has 0 spiro atoms. The first-order valence-corrected chi connectivity index (χ1v) is 13.1. The maximum atomic E-state index is 14.0. The van der Waals surface area contributed by atoms with Crippen LogP contribution in [0.2, 0.25) is 5.02 Å². The number of nitrogens with zero attached hydrogens (tertiary/aromatic N) is 4. The number of carbonyl (C=O) groups is 1. The predicted octanol–water partition coefficient (Wildman–Crippen LogP) is 7.32. The third kappa shape index (κ3) is 4.27. The zero-order valence-electron chi connectivity index (χ0n) is 21.3. The van der Waals surface area contributed by atoms with Gasteiger partial charge in [0, 0.05) is 22.5 Å². The Kier molecular flexibility index (Phi) is 6.26. The van der Waals surface area contributed by atoms with E-state index in [0.717, 1.165) is 40.4 Å². The number of fused-ring (bicyclic) bond motifs is 3. The van der Waals surface area contributed by atoms with Crippen molar-refractivity contribution in [2.24, 2.45) is 0 Å². The van der Waals surface area contributed by atoms with Crippen LogP contribution in [0.5, 0.6) is 0 Å². The number of rotatable bonds is 4. The Balaban J connectivity index is 1.54. The van der Waals surface area contributed by atoms with Crippen LogP contribution in [-0.4, -0.2) is 25.3 Å². The van der Waals surface area contributed by atoms with Gasteiger partial charge in [-0.3, -0.25) is 0 Å². The van der Waals surface area contributed by atoms with E-state index in [2.05, 4.69) is 72.4 Å². The fraction of sp³-hybridized carbons (Fsp3) is 0.161. The van der Waals surface area contributed by atoms with Crippen LogP contribution in [-0.2, 0) is 13.0 Å². The Bertz CT molecular complexity index is 1590. The van der Waals surface area contributed by atoms with Crippen LogP contribution in [0.1, 0.15) is 41.0 Å². The van der Waals surface area contributed by atoms with Gasteiger partial charge in [-0.15, -0.1) is 0 Å². The largest absolute Gasteiger partial charge is 0.322 e. The summed E-state index contributed by atoms with van der Waals surface area (Å²) in [5.74, 6) is 0.965. The number of anilines is 1. The molecule has 7 heteroatoms. The van der Waals surface area contributed by atoms with Crippen LogP contribution in [0.4, 0.5) is 10.5 Å². The topological polar surface area (TPSA) is 55.1 Å². The molecular formula is C31H28ClN5O. The highest BCUT2D eigenvalue weighted by atomic mass is 35.5. The average Bonchev–Trinajstić information content (AvgIpc) is 3.52. The quantitative estimate of drug-likeness (QED) is 0.269. The summed E-state index contributed by atoms with van der Waals surface area (Å²) in [6.45, 7) is 4.59. The number of urea groups is 1. The van der Waals surface area contributed by atoms with Crippen molar-refractivity contribution in [3.8, 4) is 11.5 Å². The average molecular weight is 522 g/mol. The molecule has 1 aliphatic heterocycles. The SMILES string of the molecule is CCc1nn(-c2ccccc2)c2c1CN(C(=O)Nc1ccc(Cl)cc1)[C@@H](c1ccc(C)cc1)c1cccn1-2. The Labute approximate surface area is 227 Å². The van der Waals surface area contributed by atoms with Crippen molar-refractivity contribution in [1.29, 1.82) is 0 Å². The molecule has 0 radical (unpaired) electrons. The summed E-state index contributed by atoms with van der Waals surface area (Å²) in [4.78, 5) is 15.9. The zero-order valence-corrected chi connectivity index (χ0v) is 22.1. The van der Waals surface area contributed by atoms with Crippen molar-refractivity contribution in [3.63, 3.8) is 0 Å². The van der Waals surface area contributed by atoms with Gasteiger partial charge in [0.1, 0.15) is 5.82 Å². The first-order valence-electron chi connectivity index (χ1n) is 12.8. The number of halogens is 1. The molecule has 1 aliphatic rings. The van der Waals surface area contributed by atoms with Crippen LogP contribution in [0.25, 0.3) is 11.5 Å². The van der Waals surface area contributed by atoms with E-state index in [9.17, 15) is 4.79 Å². The molecule has 6 nitrogen and oxygen atoms in total. The summed E-state index contributed by atoms with van der Waals surface area (Å²) in [7, 11) is 0. The van der Waals surface area contributed by atoms with E-state index in [1.165, 1.54) is 5.56 Å². The summed E-state index contributed by atoms with van der Waals surface area (Å²) in [5, 5.41) is 8.74. The van der Waals surface area contributed by atoms with Crippen LogP contribution in [0, 0.1) is 6.92 Å². The van der Waals surface area contributed by atoms with E-state index in [1.54, 1.807) is 12.1 Å². The molecule has 2 aromatic heterocycles. The monoisotopic (exact) mass is 521 g/mol. The first-order chi connectivity index (χ1) is 18.5. The number of hydrogen-bond acceptors (Lipinski definition) is 2. The lowest BCUT2D eigenvalue weighted by molar-refractivity contribution is 0.194. The second kappa shape index (κ2) is 9.88. The molecule has 1 N–H and O–H groups in total. The van der Waals surface area contributed by atoms with E-state index in [0.29, 0.717) is 17.3 Å². The summed E-state index contributed by atoms with van der Waals surface area (Å²) >= 11 is 6.09. The number of aryl methyl sites for hydroxylation is 2. The number of hydrogen-bond donors (Lipinski definition) is 1. The Morgan fingerprint density at radius 2 is 1.71 bits per heavy atom. The fourth-order valence-electron chi connectivity index (χ4n) is 5.18. The van der Waals surface area contributed by atoms with E-state index in [4.69, 9.17) is 16.7 Å². The number of nitrogens with one attached hydrogen (secondary N) is 1. The molecule has 0 bridgehead atoms. The van der Waals surface area contributed by atoms with Gasteiger partial charge in [0.05, 0.1) is 29.7 Å². The molecule has 0 saturated carbocycles. The Morgan fingerprint density at radius 1 is 0.974 bits per heavy atom. The number of carbonyl (C=O) groups excluding carboxylic acids is 1. The fourth-order valence-corrected chi connectivity index (χ4v) is 5.30. The van der Waals surface area contributed by atoms with Crippen LogP contribution in [0.3, 0.4) is 0 Å². The smallest absolute Gasteiger partial charge is 0.308 e. The maximum absolute atomic E-state index is 14.0. The van der Waals surface area contributed by atoms with Gasteiger partial charge in [0.15, 0.2) is 0 Å². The molecule has 1 atom stereocenters. The summed E-state index contributed by atoms with van der Waals surface area (Å²) < 4.78 is 4.19. The third-order valence-electron chi connectivity index (χ3n) is 7.05. The highest BCUT2D eigenvalue weighted by Gasteiger charge is 2.36. The van der Waals surface area contributed by atoms with Gasteiger partial charge in [-0.05, 0) is 67.4 Å². The van der Waals surface area contributed by atoms with Crippen molar-refractivity contribution in [3.05, 3.63) is 130 Å². The molecule has 2 amide bonds. The number of para-hydroxylation sites is 1. The maximum Gasteiger partial charge on any atom is 0.322 e. The van der Waals surface area contributed by atoms with Crippen LogP contribution >= 0.6 is 11.6 Å². The molecule has 190 valence electrons. The van der Waals surface area contributed by atoms with E-state index >= 15 is 0 Å². The minimum Gasteiger partial charge on any atom is -0.308 e. The lowest BCUT2D eigenvalue weighted by Crippen LogP contribution is -2.38.